The second-order valence-electron chi connectivity index (χ2n) is 5.96. The number of H-pyrrole nitrogens is 1. The van der Waals surface area contributed by atoms with Crippen LogP contribution in [0.4, 0.5) is 5.82 Å². The van der Waals surface area contributed by atoms with Gasteiger partial charge in [-0.2, -0.15) is 5.10 Å². The van der Waals surface area contributed by atoms with Crippen LogP contribution in [0.3, 0.4) is 0 Å². The quantitative estimate of drug-likeness (QED) is 0.650. The smallest absolute Gasteiger partial charge is 0.356 e. The number of carbonyl (C=O) groups excluding carboxylic acids is 1. The summed E-state index contributed by atoms with van der Waals surface area (Å²) >= 11 is 0. The maximum absolute atomic E-state index is 12.3. The lowest BCUT2D eigenvalue weighted by atomic mass is 10.0. The predicted molar refractivity (Wildman–Crippen MR) is 95.1 cm³/mol. The molecular weight excluding hydrogens is 334 g/mol. The molecule has 0 saturated carbocycles. The second kappa shape index (κ2) is 7.14. The van der Waals surface area contributed by atoms with Gasteiger partial charge in [0.15, 0.2) is 17.2 Å². The van der Waals surface area contributed by atoms with Gasteiger partial charge in [-0.3, -0.25) is 9.89 Å². The van der Waals surface area contributed by atoms with Crippen LogP contribution in [0.5, 0.6) is 0 Å². The van der Waals surface area contributed by atoms with Gasteiger partial charge in [0.05, 0.1) is 5.69 Å². The number of anilines is 1. The lowest BCUT2D eigenvalue weighted by molar-refractivity contribution is 0.0685. The molecule has 3 aromatic rings. The fourth-order valence-electron chi connectivity index (χ4n) is 2.42. The van der Waals surface area contributed by atoms with Crippen molar-refractivity contribution >= 4 is 17.7 Å². The van der Waals surface area contributed by atoms with Crippen molar-refractivity contribution in [2.45, 2.75) is 19.8 Å². The highest BCUT2D eigenvalue weighted by Gasteiger charge is 2.20. The molecule has 0 aliphatic rings. The summed E-state index contributed by atoms with van der Waals surface area (Å²) in [6.07, 6.45) is 2.47. The Kier molecular flexibility index (Phi) is 4.74. The Morgan fingerprint density at radius 1 is 1.08 bits per heavy atom. The third kappa shape index (κ3) is 3.59. The number of nitrogens with one attached hydrogen (secondary N) is 2. The van der Waals surface area contributed by atoms with Gasteiger partial charge in [0.1, 0.15) is 0 Å². The number of aromatic carboxylic acids is 1. The highest BCUT2D eigenvalue weighted by molar-refractivity contribution is 6.08. The maximum Gasteiger partial charge on any atom is 0.356 e. The summed E-state index contributed by atoms with van der Waals surface area (Å²) in [7, 11) is 0. The van der Waals surface area contributed by atoms with Crippen LogP contribution in [0.1, 0.15) is 46.3 Å². The van der Waals surface area contributed by atoms with Crippen LogP contribution in [0, 0.1) is 0 Å². The van der Waals surface area contributed by atoms with E-state index in [1.165, 1.54) is 18.0 Å². The van der Waals surface area contributed by atoms with Gasteiger partial charge in [-0.1, -0.05) is 38.1 Å². The summed E-state index contributed by atoms with van der Waals surface area (Å²) in [4.78, 5) is 30.9. The molecule has 3 N–H and O–H groups in total. The molecular formula is C18H17N5O3. The van der Waals surface area contributed by atoms with Crippen LogP contribution in [0.25, 0.3) is 11.3 Å². The van der Waals surface area contributed by atoms with Gasteiger partial charge < -0.3 is 10.4 Å². The van der Waals surface area contributed by atoms with Crippen LogP contribution >= 0.6 is 0 Å². The van der Waals surface area contributed by atoms with Crippen molar-refractivity contribution in [1.29, 1.82) is 0 Å². The number of carboxylic acid groups (broad SMARTS) is 1. The molecule has 0 unspecified atom stereocenters. The molecule has 26 heavy (non-hydrogen) atoms. The number of aromatic amines is 1. The fourth-order valence-corrected chi connectivity index (χ4v) is 2.42. The molecule has 2 aromatic heterocycles. The molecule has 1 amide bonds. The summed E-state index contributed by atoms with van der Waals surface area (Å²) in [6.45, 7) is 4.24. The van der Waals surface area contributed by atoms with Crippen molar-refractivity contribution in [3.05, 3.63) is 59.7 Å². The minimum Gasteiger partial charge on any atom is -0.476 e. The Labute approximate surface area is 149 Å². The molecule has 8 heteroatoms. The Hall–Kier alpha value is -3.55. The molecule has 0 aliphatic heterocycles. The molecule has 0 atom stereocenters. The summed E-state index contributed by atoms with van der Waals surface area (Å²) in [6, 6.07) is 9.69. The van der Waals surface area contributed by atoms with E-state index in [1.54, 1.807) is 6.07 Å². The van der Waals surface area contributed by atoms with Gasteiger partial charge in [-0.25, -0.2) is 14.8 Å². The van der Waals surface area contributed by atoms with E-state index in [0.717, 1.165) is 11.3 Å². The molecule has 0 bridgehead atoms. The first-order valence-corrected chi connectivity index (χ1v) is 7.97. The Bertz CT molecular complexity index is 947. The highest BCUT2D eigenvalue weighted by atomic mass is 16.4. The van der Waals surface area contributed by atoms with Gasteiger partial charge in [0, 0.05) is 18.5 Å². The summed E-state index contributed by atoms with van der Waals surface area (Å²) in [5.74, 6) is -1.31. The van der Waals surface area contributed by atoms with E-state index in [1.807, 2.05) is 24.3 Å². The third-order valence-electron chi connectivity index (χ3n) is 3.82. The lowest BCUT2D eigenvalue weighted by Crippen LogP contribution is -2.19. The van der Waals surface area contributed by atoms with Crippen molar-refractivity contribution in [1.82, 2.24) is 20.2 Å². The fraction of sp³-hybridized carbons (Fsp3) is 0.167. The number of amides is 1. The van der Waals surface area contributed by atoms with Crippen LogP contribution in [-0.4, -0.2) is 37.1 Å². The largest absolute Gasteiger partial charge is 0.476 e. The van der Waals surface area contributed by atoms with Gasteiger partial charge >= 0.3 is 5.97 Å². The van der Waals surface area contributed by atoms with Crippen LogP contribution < -0.4 is 5.32 Å². The number of benzene rings is 1. The molecule has 132 valence electrons. The van der Waals surface area contributed by atoms with Crippen LogP contribution in [0.15, 0.2) is 42.7 Å². The molecule has 0 saturated heterocycles. The van der Waals surface area contributed by atoms with Gasteiger partial charge in [-0.15, -0.1) is 0 Å². The number of rotatable bonds is 5. The first-order valence-electron chi connectivity index (χ1n) is 7.97. The van der Waals surface area contributed by atoms with Crippen LogP contribution in [0.2, 0.25) is 0 Å². The molecule has 1 aromatic carbocycles. The first-order chi connectivity index (χ1) is 12.5. The molecule has 3 rings (SSSR count). The van der Waals surface area contributed by atoms with Crippen molar-refractivity contribution in [2.75, 3.05) is 5.32 Å². The number of aromatic nitrogens is 4. The van der Waals surface area contributed by atoms with E-state index in [-0.39, 0.29) is 11.5 Å². The average Bonchev–Trinajstić information content (AvgIpc) is 3.10. The summed E-state index contributed by atoms with van der Waals surface area (Å²) in [5, 5.41) is 18.5. The zero-order valence-electron chi connectivity index (χ0n) is 14.2. The zero-order chi connectivity index (χ0) is 18.7. The molecule has 0 radical (unpaired) electrons. The van der Waals surface area contributed by atoms with Crippen molar-refractivity contribution < 1.29 is 14.7 Å². The summed E-state index contributed by atoms with van der Waals surface area (Å²) < 4.78 is 0. The number of carboxylic acids is 1. The first kappa shape index (κ1) is 17.3. The Morgan fingerprint density at radius 3 is 2.35 bits per heavy atom. The van der Waals surface area contributed by atoms with Crippen molar-refractivity contribution in [3.63, 3.8) is 0 Å². The number of hydrogen-bond acceptors (Lipinski definition) is 5. The maximum atomic E-state index is 12.3. The topological polar surface area (TPSA) is 121 Å². The Balaban J connectivity index is 1.78. The third-order valence-corrected chi connectivity index (χ3v) is 3.82. The van der Waals surface area contributed by atoms with Crippen molar-refractivity contribution in [3.8, 4) is 11.3 Å². The van der Waals surface area contributed by atoms with E-state index in [2.05, 4.69) is 39.3 Å². The molecule has 0 fully saturated rings. The van der Waals surface area contributed by atoms with Crippen molar-refractivity contribution in [2.24, 2.45) is 0 Å². The number of nitrogens with zero attached hydrogens (tertiary/aromatic N) is 3. The molecule has 0 aliphatic carbocycles. The average molecular weight is 351 g/mol. The highest BCUT2D eigenvalue weighted by Crippen LogP contribution is 2.23. The summed E-state index contributed by atoms with van der Waals surface area (Å²) in [5.41, 5.74) is 2.20. The van der Waals surface area contributed by atoms with Gasteiger partial charge in [0.2, 0.25) is 0 Å². The number of carbonyl (C=O) groups is 2. The van der Waals surface area contributed by atoms with E-state index in [4.69, 9.17) is 5.11 Å². The number of hydrogen-bond donors (Lipinski definition) is 3. The predicted octanol–water partition coefficient (Wildman–Crippen LogP) is 2.94. The lowest BCUT2D eigenvalue weighted by Gasteiger charge is -2.05. The van der Waals surface area contributed by atoms with E-state index >= 15 is 0 Å². The van der Waals surface area contributed by atoms with E-state index in [0.29, 0.717) is 5.92 Å². The van der Waals surface area contributed by atoms with E-state index in [9.17, 15) is 9.59 Å². The van der Waals surface area contributed by atoms with E-state index < -0.39 is 17.6 Å². The standard InChI is InChI=1S/C18H17N5O3/c1-10(2)11-3-5-12(6-4-11)13-9-14(23-22-13)21-17(24)15-16(18(25)26)20-8-7-19-15/h3-10H,1-2H3,(H,25,26)(H2,21,22,23,24). The van der Waals surface area contributed by atoms with Gasteiger partial charge in [0.25, 0.3) is 5.91 Å². The zero-order valence-corrected chi connectivity index (χ0v) is 14.2. The monoisotopic (exact) mass is 351 g/mol. The molecule has 0 spiro atoms. The molecule has 2 heterocycles. The SMILES string of the molecule is CC(C)c1ccc(-c2cc(NC(=O)c3nccnc3C(=O)O)n[nH]2)cc1. The normalized spacial score (nSPS) is 10.7. The second-order valence-corrected chi connectivity index (χ2v) is 5.96. The minimum absolute atomic E-state index is 0.264. The Morgan fingerprint density at radius 2 is 1.73 bits per heavy atom. The van der Waals surface area contributed by atoms with Gasteiger partial charge in [-0.05, 0) is 17.0 Å². The minimum atomic E-state index is -1.32. The van der Waals surface area contributed by atoms with Crippen LogP contribution in [-0.2, 0) is 0 Å². The molecule has 8 nitrogen and oxygen atoms in total.